The van der Waals surface area contributed by atoms with E-state index in [4.69, 9.17) is 4.74 Å². The molecule has 1 unspecified atom stereocenters. The van der Waals surface area contributed by atoms with Gasteiger partial charge in [0.1, 0.15) is 12.6 Å². The third-order valence-corrected chi connectivity index (χ3v) is 7.21. The van der Waals surface area contributed by atoms with Crippen LogP contribution in [-0.2, 0) is 14.3 Å². The number of carbonyl (C=O) groups excluding carboxylic acids is 2. The number of ether oxygens (including phenoxy) is 1. The van der Waals surface area contributed by atoms with Gasteiger partial charge in [-0.05, 0) is 41.6 Å². The number of amides is 2. The monoisotopic (exact) mass is 479 g/mol. The van der Waals surface area contributed by atoms with E-state index in [1.54, 1.807) is 11.9 Å². The number of hydrogen-bond donors (Lipinski definition) is 2. The van der Waals surface area contributed by atoms with Crippen LogP contribution in [0.3, 0.4) is 0 Å². The molecule has 0 bridgehead atoms. The Morgan fingerprint density at radius 1 is 1.06 bits per heavy atom. The second kappa shape index (κ2) is 10.9. The van der Waals surface area contributed by atoms with Crippen molar-refractivity contribution in [2.75, 3.05) is 33.3 Å². The highest BCUT2D eigenvalue weighted by Crippen LogP contribution is 2.44. The SMILES string of the molecule is CCN1CCC(N(C)C(=O)C(CC(=O)O)NC(=O)OCC2c3ccccc3-c3ccccc32)CC1. The van der Waals surface area contributed by atoms with Crippen LogP contribution < -0.4 is 5.32 Å². The lowest BCUT2D eigenvalue weighted by Crippen LogP contribution is -2.53. The quantitative estimate of drug-likeness (QED) is 0.603. The van der Waals surface area contributed by atoms with E-state index in [0.29, 0.717) is 0 Å². The van der Waals surface area contributed by atoms with Crippen LogP contribution in [0.1, 0.15) is 43.2 Å². The highest BCUT2D eigenvalue weighted by molar-refractivity contribution is 5.89. The van der Waals surface area contributed by atoms with Crippen LogP contribution in [0.25, 0.3) is 11.1 Å². The number of alkyl carbamates (subject to hydrolysis) is 1. The summed E-state index contributed by atoms with van der Waals surface area (Å²) in [5, 5.41) is 11.9. The summed E-state index contributed by atoms with van der Waals surface area (Å²) in [5.74, 6) is -1.68. The summed E-state index contributed by atoms with van der Waals surface area (Å²) in [4.78, 5) is 41.2. The van der Waals surface area contributed by atoms with Gasteiger partial charge in [-0.1, -0.05) is 55.5 Å². The molecule has 2 amide bonds. The lowest BCUT2D eigenvalue weighted by Gasteiger charge is -2.37. The zero-order chi connectivity index (χ0) is 24.9. The molecule has 1 aliphatic heterocycles. The van der Waals surface area contributed by atoms with Crippen molar-refractivity contribution in [2.24, 2.45) is 0 Å². The number of carboxylic acid groups (broad SMARTS) is 1. The van der Waals surface area contributed by atoms with Gasteiger partial charge in [-0.25, -0.2) is 4.79 Å². The van der Waals surface area contributed by atoms with Crippen molar-refractivity contribution in [1.29, 1.82) is 0 Å². The number of hydrogen-bond acceptors (Lipinski definition) is 5. The van der Waals surface area contributed by atoms with Crippen LogP contribution in [0.5, 0.6) is 0 Å². The molecular weight excluding hydrogens is 446 g/mol. The number of likely N-dealkylation sites (tertiary alicyclic amines) is 1. The number of nitrogens with one attached hydrogen (secondary N) is 1. The molecule has 35 heavy (non-hydrogen) atoms. The minimum atomic E-state index is -1.18. The van der Waals surface area contributed by atoms with Gasteiger partial charge in [0.15, 0.2) is 0 Å². The molecule has 1 aliphatic carbocycles. The normalized spacial score (nSPS) is 16.7. The Bertz CT molecular complexity index is 1030. The maximum atomic E-state index is 13.1. The minimum Gasteiger partial charge on any atom is -0.481 e. The molecule has 2 aromatic rings. The number of rotatable bonds is 8. The molecule has 1 fully saturated rings. The number of carboxylic acids is 1. The Balaban J connectivity index is 1.39. The summed E-state index contributed by atoms with van der Waals surface area (Å²) in [6, 6.07) is 14.9. The largest absolute Gasteiger partial charge is 0.481 e. The number of piperidine rings is 1. The molecule has 4 rings (SSSR count). The van der Waals surface area contributed by atoms with Crippen molar-refractivity contribution in [1.82, 2.24) is 15.1 Å². The zero-order valence-corrected chi connectivity index (χ0v) is 20.3. The van der Waals surface area contributed by atoms with Crippen molar-refractivity contribution in [3.63, 3.8) is 0 Å². The molecule has 8 nitrogen and oxygen atoms in total. The standard InChI is InChI=1S/C27H33N3O5/c1-3-30-14-12-18(13-15-30)29(2)26(33)24(16-25(31)32)28-27(34)35-17-23-21-10-6-4-8-19(21)20-9-5-7-11-22(20)23/h4-11,18,23-24H,3,12-17H2,1-2H3,(H,28,34)(H,31,32). The van der Waals surface area contributed by atoms with Gasteiger partial charge in [0, 0.05) is 32.1 Å². The van der Waals surface area contributed by atoms with Crippen molar-refractivity contribution < 1.29 is 24.2 Å². The van der Waals surface area contributed by atoms with Crippen LogP contribution in [0.15, 0.2) is 48.5 Å². The van der Waals surface area contributed by atoms with Crippen LogP contribution in [0.4, 0.5) is 4.79 Å². The zero-order valence-electron chi connectivity index (χ0n) is 20.3. The molecule has 0 spiro atoms. The van der Waals surface area contributed by atoms with E-state index in [9.17, 15) is 19.5 Å². The first-order valence-corrected chi connectivity index (χ1v) is 12.2. The minimum absolute atomic E-state index is 0.0194. The number of fused-ring (bicyclic) bond motifs is 3. The summed E-state index contributed by atoms with van der Waals surface area (Å²) in [6.07, 6.45) is 0.351. The van der Waals surface area contributed by atoms with E-state index in [-0.39, 0.29) is 18.6 Å². The van der Waals surface area contributed by atoms with E-state index < -0.39 is 30.4 Å². The molecule has 1 saturated heterocycles. The molecule has 0 aromatic heterocycles. The lowest BCUT2D eigenvalue weighted by atomic mass is 9.98. The highest BCUT2D eigenvalue weighted by atomic mass is 16.5. The van der Waals surface area contributed by atoms with Crippen molar-refractivity contribution in [3.05, 3.63) is 59.7 Å². The number of aliphatic carboxylic acids is 1. The highest BCUT2D eigenvalue weighted by Gasteiger charge is 2.33. The van der Waals surface area contributed by atoms with Gasteiger partial charge < -0.3 is 25.0 Å². The van der Waals surface area contributed by atoms with Crippen LogP contribution in [-0.4, -0.2) is 78.2 Å². The first-order chi connectivity index (χ1) is 16.9. The molecule has 2 aliphatic rings. The van der Waals surface area contributed by atoms with Gasteiger partial charge in [-0.3, -0.25) is 9.59 Å². The molecule has 8 heteroatoms. The first kappa shape index (κ1) is 24.7. The van der Waals surface area contributed by atoms with Crippen molar-refractivity contribution in [3.8, 4) is 11.1 Å². The van der Waals surface area contributed by atoms with E-state index in [0.717, 1.165) is 54.7 Å². The molecule has 1 heterocycles. The Hall–Kier alpha value is -3.39. The third-order valence-electron chi connectivity index (χ3n) is 7.21. The topological polar surface area (TPSA) is 99.2 Å². The third kappa shape index (κ3) is 5.48. The predicted molar refractivity (Wildman–Crippen MR) is 132 cm³/mol. The summed E-state index contributed by atoms with van der Waals surface area (Å²) in [5.41, 5.74) is 4.40. The van der Waals surface area contributed by atoms with Gasteiger partial charge in [0.25, 0.3) is 0 Å². The summed E-state index contributed by atoms with van der Waals surface area (Å²) >= 11 is 0. The number of benzene rings is 2. The van der Waals surface area contributed by atoms with Crippen LogP contribution in [0, 0.1) is 0 Å². The average Bonchev–Trinajstić information content (AvgIpc) is 3.19. The summed E-state index contributed by atoms with van der Waals surface area (Å²) < 4.78 is 5.54. The van der Waals surface area contributed by atoms with E-state index in [1.165, 1.54) is 0 Å². The fourth-order valence-corrected chi connectivity index (χ4v) is 5.21. The maximum absolute atomic E-state index is 13.1. The van der Waals surface area contributed by atoms with Gasteiger partial charge in [0.2, 0.25) is 5.91 Å². The fraction of sp³-hybridized carbons (Fsp3) is 0.444. The molecule has 0 saturated carbocycles. The Morgan fingerprint density at radius 3 is 2.17 bits per heavy atom. The number of nitrogens with zero attached hydrogens (tertiary/aromatic N) is 2. The van der Waals surface area contributed by atoms with Crippen molar-refractivity contribution >= 4 is 18.0 Å². The molecule has 186 valence electrons. The molecule has 0 radical (unpaired) electrons. The Kier molecular flexibility index (Phi) is 7.70. The van der Waals surface area contributed by atoms with Crippen LogP contribution in [0.2, 0.25) is 0 Å². The maximum Gasteiger partial charge on any atom is 0.407 e. The van der Waals surface area contributed by atoms with Gasteiger partial charge in [0.05, 0.1) is 6.42 Å². The van der Waals surface area contributed by atoms with Crippen LogP contribution >= 0.6 is 0 Å². The molecule has 2 aromatic carbocycles. The Morgan fingerprint density at radius 2 is 1.63 bits per heavy atom. The molecule has 2 N–H and O–H groups in total. The van der Waals surface area contributed by atoms with Gasteiger partial charge in [-0.2, -0.15) is 0 Å². The lowest BCUT2D eigenvalue weighted by molar-refractivity contribution is -0.143. The molecule has 1 atom stereocenters. The Labute approximate surface area is 205 Å². The fourth-order valence-electron chi connectivity index (χ4n) is 5.21. The van der Waals surface area contributed by atoms with Gasteiger partial charge >= 0.3 is 12.1 Å². The average molecular weight is 480 g/mol. The second-order valence-electron chi connectivity index (χ2n) is 9.23. The smallest absolute Gasteiger partial charge is 0.407 e. The predicted octanol–water partition coefficient (Wildman–Crippen LogP) is 3.31. The van der Waals surface area contributed by atoms with E-state index >= 15 is 0 Å². The van der Waals surface area contributed by atoms with E-state index in [2.05, 4.69) is 29.3 Å². The summed E-state index contributed by atoms with van der Waals surface area (Å²) in [7, 11) is 1.68. The van der Waals surface area contributed by atoms with E-state index in [1.807, 2.05) is 36.4 Å². The first-order valence-electron chi connectivity index (χ1n) is 12.2. The number of likely N-dealkylation sites (N-methyl/N-ethyl adjacent to an activating group) is 1. The molecular formula is C27H33N3O5. The van der Waals surface area contributed by atoms with Crippen molar-refractivity contribution in [2.45, 2.75) is 44.2 Å². The number of carbonyl (C=O) groups is 3. The van der Waals surface area contributed by atoms with Gasteiger partial charge in [-0.15, -0.1) is 0 Å². The second-order valence-corrected chi connectivity index (χ2v) is 9.23. The summed E-state index contributed by atoms with van der Waals surface area (Å²) in [6.45, 7) is 4.95.